The summed E-state index contributed by atoms with van der Waals surface area (Å²) in [6.07, 6.45) is 5.23. The van der Waals surface area contributed by atoms with Crippen LogP contribution in [0.3, 0.4) is 0 Å². The number of ether oxygens (including phenoxy) is 1. The number of fused-ring (bicyclic) bond motifs is 2. The molecule has 3 N–H and O–H groups in total. The number of amides is 2. The van der Waals surface area contributed by atoms with E-state index in [0.29, 0.717) is 35.4 Å². The largest absolute Gasteiger partial charge is 0.455 e. The molecule has 2 aromatic carbocycles. The first-order valence-corrected chi connectivity index (χ1v) is 12.5. The number of hydrogen-bond donors (Lipinski definition) is 3. The van der Waals surface area contributed by atoms with Gasteiger partial charge in [0.15, 0.2) is 5.82 Å². The maximum Gasteiger partial charge on any atom is 0.315 e. The lowest BCUT2D eigenvalue weighted by molar-refractivity contribution is 0.238. The van der Waals surface area contributed by atoms with Crippen LogP contribution in [0.2, 0.25) is 5.02 Å². The van der Waals surface area contributed by atoms with Gasteiger partial charge in [-0.2, -0.15) is 4.37 Å². The average Bonchev–Trinajstić information content (AvgIpc) is 3.49. The summed E-state index contributed by atoms with van der Waals surface area (Å²) in [5, 5.41) is 10.4. The lowest BCUT2D eigenvalue weighted by Crippen LogP contribution is -2.40. The Balaban J connectivity index is 1.32. The number of aromatic nitrogens is 4. The van der Waals surface area contributed by atoms with Crippen LogP contribution in [0, 0.1) is 0 Å². The summed E-state index contributed by atoms with van der Waals surface area (Å²) in [4.78, 5) is 20.7. The van der Waals surface area contributed by atoms with Crippen molar-refractivity contribution in [3.8, 4) is 11.5 Å². The van der Waals surface area contributed by atoms with Gasteiger partial charge in [-0.3, -0.25) is 0 Å². The van der Waals surface area contributed by atoms with Crippen LogP contribution >= 0.6 is 23.1 Å². The molecule has 0 unspecified atom stereocenters. The molecule has 0 saturated heterocycles. The smallest absolute Gasteiger partial charge is 0.315 e. The number of hydrogen-bond acceptors (Lipinski definition) is 7. The third kappa shape index (κ3) is 5.19. The fraction of sp³-hybridized carbons (Fsp3) is 0.200. The fourth-order valence-electron chi connectivity index (χ4n) is 3.79. The number of carbonyl (C=O) groups is 1. The molecule has 0 bridgehead atoms. The summed E-state index contributed by atoms with van der Waals surface area (Å²) >= 11 is 7.99. The zero-order valence-corrected chi connectivity index (χ0v) is 21.2. The zero-order chi connectivity index (χ0) is 25.1. The molecule has 3 aromatic heterocycles. The van der Waals surface area contributed by atoms with E-state index >= 15 is 0 Å². The van der Waals surface area contributed by atoms with Gasteiger partial charge in [-0.15, -0.1) is 0 Å². The van der Waals surface area contributed by atoms with Gasteiger partial charge in [0.2, 0.25) is 0 Å². The lowest BCUT2D eigenvalue weighted by atomic mass is 10.2. The quantitative estimate of drug-likeness (QED) is 0.233. The molecule has 36 heavy (non-hydrogen) atoms. The molecular formula is C25H24ClN7O2S. The van der Waals surface area contributed by atoms with E-state index in [2.05, 4.69) is 30.3 Å². The summed E-state index contributed by atoms with van der Waals surface area (Å²) in [6.45, 7) is 4.86. The van der Waals surface area contributed by atoms with Gasteiger partial charge < -0.3 is 25.3 Å². The van der Waals surface area contributed by atoms with Crippen molar-refractivity contribution in [1.82, 2.24) is 29.5 Å². The lowest BCUT2D eigenvalue weighted by Gasteiger charge is -2.13. The van der Waals surface area contributed by atoms with E-state index < -0.39 is 0 Å². The van der Waals surface area contributed by atoms with Gasteiger partial charge in [0.25, 0.3) is 0 Å². The van der Waals surface area contributed by atoms with Gasteiger partial charge in [-0.1, -0.05) is 17.7 Å². The Bertz CT molecular complexity index is 1530. The molecule has 0 aliphatic rings. The van der Waals surface area contributed by atoms with Crippen molar-refractivity contribution in [1.29, 1.82) is 0 Å². The third-order valence-corrected chi connectivity index (χ3v) is 6.44. The molecule has 0 atom stereocenters. The molecule has 9 nitrogen and oxygen atoms in total. The highest BCUT2D eigenvalue weighted by atomic mass is 35.5. The summed E-state index contributed by atoms with van der Waals surface area (Å²) < 4.78 is 13.4. The van der Waals surface area contributed by atoms with E-state index in [9.17, 15) is 4.79 Å². The first kappa shape index (κ1) is 23.8. The summed E-state index contributed by atoms with van der Waals surface area (Å²) in [5.41, 5.74) is 2.38. The van der Waals surface area contributed by atoms with Crippen LogP contribution in [-0.2, 0) is 6.54 Å². The molecule has 11 heteroatoms. The first-order valence-electron chi connectivity index (χ1n) is 11.4. The Labute approximate surface area is 216 Å². The molecular weight excluding hydrogens is 498 g/mol. The Morgan fingerprint density at radius 1 is 1.17 bits per heavy atom. The highest BCUT2D eigenvalue weighted by Gasteiger charge is 2.13. The Morgan fingerprint density at radius 3 is 2.89 bits per heavy atom. The van der Waals surface area contributed by atoms with Crippen LogP contribution in [0.5, 0.6) is 11.5 Å². The Morgan fingerprint density at radius 2 is 2.06 bits per heavy atom. The predicted molar refractivity (Wildman–Crippen MR) is 144 cm³/mol. The monoisotopic (exact) mass is 521 g/mol. The maximum atomic E-state index is 11.9. The third-order valence-electron chi connectivity index (χ3n) is 5.38. The van der Waals surface area contributed by atoms with Crippen molar-refractivity contribution in [3.05, 3.63) is 66.2 Å². The van der Waals surface area contributed by atoms with Crippen molar-refractivity contribution >= 4 is 61.8 Å². The molecule has 0 aliphatic heterocycles. The number of anilines is 2. The van der Waals surface area contributed by atoms with Crippen LogP contribution in [0.15, 0.2) is 61.2 Å². The standard InChI is InChI=1S/C25H24ClN7O2S/c1-15(2)31-25(34)27-9-11-33-10-8-19-23(33)24(29-14-28-19)32-16-6-7-21(18(26)12-16)35-20-4-3-5-22-17(20)13-30-36-22/h3-8,10,12-15H,9,11H2,1-2H3,(H2,27,31,34)(H,28,29,32). The maximum absolute atomic E-state index is 11.9. The molecule has 2 amide bonds. The molecule has 0 radical (unpaired) electrons. The number of halogens is 1. The van der Waals surface area contributed by atoms with E-state index in [4.69, 9.17) is 16.3 Å². The number of rotatable bonds is 8. The number of urea groups is 1. The topological polar surface area (TPSA) is 106 Å². The SMILES string of the molecule is CC(C)NC(=O)NCCn1ccc2ncnc(Nc3ccc(Oc4cccc5sncc45)c(Cl)c3)c21. The van der Waals surface area contributed by atoms with Crippen LogP contribution < -0.4 is 20.7 Å². The molecule has 5 rings (SSSR count). The van der Waals surface area contributed by atoms with Crippen LogP contribution in [0.25, 0.3) is 21.1 Å². The van der Waals surface area contributed by atoms with E-state index in [1.807, 2.05) is 61.0 Å². The van der Waals surface area contributed by atoms with Crippen LogP contribution in [0.4, 0.5) is 16.3 Å². The van der Waals surface area contributed by atoms with Crippen molar-refractivity contribution < 1.29 is 9.53 Å². The Hall–Kier alpha value is -3.89. The van der Waals surface area contributed by atoms with Crippen LogP contribution in [-0.4, -0.2) is 37.5 Å². The normalized spacial score (nSPS) is 11.2. The molecule has 0 spiro atoms. The van der Waals surface area contributed by atoms with E-state index in [-0.39, 0.29) is 12.1 Å². The molecule has 184 valence electrons. The number of nitrogens with one attached hydrogen (secondary N) is 3. The average molecular weight is 522 g/mol. The summed E-state index contributed by atoms with van der Waals surface area (Å²) in [7, 11) is 0. The summed E-state index contributed by atoms with van der Waals surface area (Å²) in [5.74, 6) is 1.88. The number of benzene rings is 2. The van der Waals surface area contributed by atoms with Gasteiger partial charge in [-0.25, -0.2) is 14.8 Å². The van der Waals surface area contributed by atoms with Crippen molar-refractivity contribution in [2.75, 3.05) is 11.9 Å². The molecule has 0 fully saturated rings. The van der Waals surface area contributed by atoms with Gasteiger partial charge >= 0.3 is 6.03 Å². The van der Waals surface area contributed by atoms with Crippen LogP contribution in [0.1, 0.15) is 13.8 Å². The summed E-state index contributed by atoms with van der Waals surface area (Å²) in [6, 6.07) is 13.1. The van der Waals surface area contributed by atoms with Crippen molar-refractivity contribution in [3.63, 3.8) is 0 Å². The number of nitrogens with zero attached hydrogens (tertiary/aromatic N) is 4. The predicted octanol–water partition coefficient (Wildman–Crippen LogP) is 5.94. The Kier molecular flexibility index (Phi) is 6.88. The van der Waals surface area contributed by atoms with Gasteiger partial charge in [-0.05, 0) is 61.8 Å². The van der Waals surface area contributed by atoms with E-state index in [1.165, 1.54) is 17.9 Å². The molecule has 0 aliphatic carbocycles. The molecule has 5 aromatic rings. The highest BCUT2D eigenvalue weighted by molar-refractivity contribution is 7.13. The van der Waals surface area contributed by atoms with Crippen molar-refractivity contribution in [2.24, 2.45) is 0 Å². The van der Waals surface area contributed by atoms with Crippen molar-refractivity contribution in [2.45, 2.75) is 26.4 Å². The van der Waals surface area contributed by atoms with Gasteiger partial charge in [0.05, 0.1) is 26.8 Å². The number of carbonyl (C=O) groups excluding carboxylic acids is 1. The minimum atomic E-state index is -0.195. The zero-order valence-electron chi connectivity index (χ0n) is 19.7. The minimum absolute atomic E-state index is 0.0755. The highest BCUT2D eigenvalue weighted by Crippen LogP contribution is 2.36. The second-order valence-electron chi connectivity index (χ2n) is 8.39. The first-order chi connectivity index (χ1) is 17.5. The fourth-order valence-corrected chi connectivity index (χ4v) is 4.67. The van der Waals surface area contributed by atoms with E-state index in [1.54, 1.807) is 12.3 Å². The second kappa shape index (κ2) is 10.4. The molecule has 3 heterocycles. The van der Waals surface area contributed by atoms with Gasteiger partial charge in [0, 0.05) is 31.0 Å². The minimum Gasteiger partial charge on any atom is -0.455 e. The second-order valence-corrected chi connectivity index (χ2v) is 9.63. The molecule has 0 saturated carbocycles. The van der Waals surface area contributed by atoms with E-state index in [0.717, 1.165) is 26.8 Å². The van der Waals surface area contributed by atoms with Gasteiger partial charge in [0.1, 0.15) is 23.3 Å².